The first-order chi connectivity index (χ1) is 19.8. The minimum atomic E-state index is -1.23. The zero-order valence-corrected chi connectivity index (χ0v) is 22.9. The van der Waals surface area contributed by atoms with Crippen LogP contribution in [0.3, 0.4) is 0 Å². The van der Waals surface area contributed by atoms with Gasteiger partial charge >= 0.3 is 18.3 Å². The van der Waals surface area contributed by atoms with Gasteiger partial charge in [0.05, 0.1) is 4.92 Å². The van der Waals surface area contributed by atoms with E-state index in [0.717, 1.165) is 0 Å². The number of anilines is 1. The smallest absolute Gasteiger partial charge is 0.436 e. The van der Waals surface area contributed by atoms with Crippen LogP contribution >= 0.6 is 0 Å². The van der Waals surface area contributed by atoms with E-state index in [1.165, 1.54) is 24.3 Å². The van der Waals surface area contributed by atoms with Gasteiger partial charge in [0.1, 0.15) is 18.4 Å². The molecule has 0 spiro atoms. The number of ether oxygens (including phenoxy) is 3. The summed E-state index contributed by atoms with van der Waals surface area (Å²) in [6.07, 6.45) is -2.99. The summed E-state index contributed by atoms with van der Waals surface area (Å²) in [5.41, 5.74) is 10.9. The summed E-state index contributed by atoms with van der Waals surface area (Å²) in [4.78, 5) is 70.0. The predicted molar refractivity (Wildman–Crippen MR) is 147 cm³/mol. The molecule has 2 unspecified atom stereocenters. The van der Waals surface area contributed by atoms with E-state index in [2.05, 4.69) is 16.0 Å². The fraction of sp³-hybridized carbons (Fsp3) is 0.346. The van der Waals surface area contributed by atoms with Crippen LogP contribution in [0, 0.1) is 16.0 Å². The Bertz CT molecular complexity index is 1270. The number of rotatable bonds is 14. The second-order valence-corrected chi connectivity index (χ2v) is 9.17. The van der Waals surface area contributed by atoms with Gasteiger partial charge in [-0.25, -0.2) is 14.4 Å². The lowest BCUT2D eigenvalue weighted by molar-refractivity contribution is -0.384. The fourth-order valence-electron chi connectivity index (χ4n) is 3.48. The number of carbonyl (C=O) groups is 5. The Labute approximate surface area is 240 Å². The minimum Gasteiger partial charge on any atom is -0.436 e. The molecule has 0 aliphatic heterocycles. The summed E-state index contributed by atoms with van der Waals surface area (Å²) in [6, 6.07) is 9.31. The van der Waals surface area contributed by atoms with Crippen molar-refractivity contribution in [2.45, 2.75) is 45.4 Å². The number of hydrogen-bond donors (Lipinski definition) is 5. The standard InChI is InChI=1S/C26H32N6O10/c1-15(2)21(42-25(28)36)23(34)31-20(4-3-13-29-24(27)35)22(33)30-17-7-5-16(6-8-17)14-40-26(37)41-19-11-9-18(10-12-19)32(38)39/h5-12,15,20-21H,3-4,13-14H2,1-2H3,(H2,28,36)(H,30,33)(H,31,34)(H3,27,29,35). The largest absolute Gasteiger partial charge is 0.514 e. The zero-order valence-electron chi connectivity index (χ0n) is 22.9. The van der Waals surface area contributed by atoms with E-state index in [4.69, 9.17) is 25.7 Å². The van der Waals surface area contributed by atoms with Gasteiger partial charge in [0.15, 0.2) is 6.10 Å². The maximum absolute atomic E-state index is 13.0. The third-order valence-corrected chi connectivity index (χ3v) is 5.54. The number of nitrogens with two attached hydrogens (primary N) is 2. The molecule has 7 N–H and O–H groups in total. The molecule has 2 aromatic rings. The minimum absolute atomic E-state index is 0.0663. The molecule has 2 atom stereocenters. The third kappa shape index (κ3) is 11.4. The first-order valence-electron chi connectivity index (χ1n) is 12.6. The predicted octanol–water partition coefficient (Wildman–Crippen LogP) is 2.30. The molecule has 0 aliphatic rings. The highest BCUT2D eigenvalue weighted by Gasteiger charge is 2.30. The second kappa shape index (κ2) is 16.0. The van der Waals surface area contributed by atoms with Crippen LogP contribution in [-0.2, 0) is 25.7 Å². The number of nitro groups is 1. The van der Waals surface area contributed by atoms with Crippen molar-refractivity contribution in [3.63, 3.8) is 0 Å². The van der Waals surface area contributed by atoms with E-state index >= 15 is 0 Å². The maximum Gasteiger partial charge on any atom is 0.514 e. The topological polar surface area (TPSA) is 244 Å². The Kier molecular flexibility index (Phi) is 12.5. The molecule has 0 heterocycles. The first-order valence-corrected chi connectivity index (χ1v) is 12.6. The van der Waals surface area contributed by atoms with Crippen LogP contribution in [0.25, 0.3) is 0 Å². The summed E-state index contributed by atoms with van der Waals surface area (Å²) in [7, 11) is 0. The average Bonchev–Trinajstić information content (AvgIpc) is 2.92. The molecule has 0 saturated heterocycles. The molecule has 0 aromatic heterocycles. The number of amides is 5. The molecule has 0 saturated carbocycles. The van der Waals surface area contributed by atoms with Crippen LogP contribution < -0.4 is 32.2 Å². The average molecular weight is 589 g/mol. The van der Waals surface area contributed by atoms with Gasteiger partial charge in [0, 0.05) is 24.4 Å². The molecular weight excluding hydrogens is 556 g/mol. The van der Waals surface area contributed by atoms with Crippen molar-refractivity contribution in [1.82, 2.24) is 10.6 Å². The highest BCUT2D eigenvalue weighted by Crippen LogP contribution is 2.18. The van der Waals surface area contributed by atoms with Crippen LogP contribution in [-0.4, -0.2) is 53.7 Å². The van der Waals surface area contributed by atoms with Gasteiger partial charge < -0.3 is 41.6 Å². The van der Waals surface area contributed by atoms with Crippen molar-refractivity contribution in [3.8, 4) is 5.75 Å². The van der Waals surface area contributed by atoms with E-state index in [1.807, 2.05) is 0 Å². The molecular formula is C26H32N6O10. The summed E-state index contributed by atoms with van der Waals surface area (Å²) in [6.45, 7) is 3.27. The molecule has 0 fully saturated rings. The van der Waals surface area contributed by atoms with Crippen LogP contribution in [0.4, 0.5) is 25.8 Å². The number of nitrogens with zero attached hydrogens (tertiary/aromatic N) is 1. The van der Waals surface area contributed by atoms with Crippen LogP contribution in [0.1, 0.15) is 32.3 Å². The van der Waals surface area contributed by atoms with E-state index in [9.17, 15) is 34.1 Å². The molecule has 42 heavy (non-hydrogen) atoms. The Morgan fingerprint density at radius 3 is 2.14 bits per heavy atom. The lowest BCUT2D eigenvalue weighted by atomic mass is 10.0. The molecule has 2 aromatic carbocycles. The Morgan fingerprint density at radius 1 is 0.952 bits per heavy atom. The van der Waals surface area contributed by atoms with Crippen molar-refractivity contribution in [1.29, 1.82) is 0 Å². The van der Waals surface area contributed by atoms with Gasteiger partial charge in [-0.05, 0) is 48.6 Å². The maximum atomic E-state index is 13.0. The molecule has 0 radical (unpaired) electrons. The van der Waals surface area contributed by atoms with Gasteiger partial charge in [0.2, 0.25) is 5.91 Å². The summed E-state index contributed by atoms with van der Waals surface area (Å²) in [5.74, 6) is -1.67. The number of carbonyl (C=O) groups excluding carboxylic acids is 5. The van der Waals surface area contributed by atoms with Crippen molar-refractivity contribution in [2.75, 3.05) is 11.9 Å². The molecule has 226 valence electrons. The fourth-order valence-corrected chi connectivity index (χ4v) is 3.48. The number of benzene rings is 2. The molecule has 0 aliphatic carbocycles. The van der Waals surface area contributed by atoms with Gasteiger partial charge in [0.25, 0.3) is 11.6 Å². The molecule has 16 nitrogen and oxygen atoms in total. The lowest BCUT2D eigenvalue weighted by Gasteiger charge is -2.24. The third-order valence-electron chi connectivity index (χ3n) is 5.54. The molecule has 5 amide bonds. The number of hydrogen-bond acceptors (Lipinski definition) is 10. The van der Waals surface area contributed by atoms with Crippen LogP contribution in [0.2, 0.25) is 0 Å². The second-order valence-electron chi connectivity index (χ2n) is 9.17. The summed E-state index contributed by atoms with van der Waals surface area (Å²) >= 11 is 0. The zero-order chi connectivity index (χ0) is 31.2. The van der Waals surface area contributed by atoms with E-state index in [1.54, 1.807) is 38.1 Å². The quantitative estimate of drug-likeness (QED) is 0.0708. The van der Waals surface area contributed by atoms with Crippen molar-refractivity contribution in [2.24, 2.45) is 17.4 Å². The van der Waals surface area contributed by atoms with Crippen molar-refractivity contribution < 1.29 is 43.1 Å². The van der Waals surface area contributed by atoms with E-state index < -0.39 is 53.1 Å². The molecule has 0 bridgehead atoms. The SMILES string of the molecule is CC(C)C(OC(N)=O)C(=O)NC(CCCNC(N)=O)C(=O)Nc1ccc(COC(=O)Oc2ccc([N+](=O)[O-])cc2)cc1. The van der Waals surface area contributed by atoms with Crippen LogP contribution in [0.5, 0.6) is 5.75 Å². The van der Waals surface area contributed by atoms with E-state index in [-0.39, 0.29) is 37.4 Å². The Balaban J connectivity index is 1.97. The Morgan fingerprint density at radius 2 is 1.60 bits per heavy atom. The summed E-state index contributed by atoms with van der Waals surface area (Å²) in [5, 5.41) is 18.3. The summed E-state index contributed by atoms with van der Waals surface area (Å²) < 4.78 is 14.9. The number of urea groups is 1. The highest BCUT2D eigenvalue weighted by atomic mass is 16.7. The number of nitro benzene ring substituents is 1. The first kappa shape index (κ1) is 32.8. The van der Waals surface area contributed by atoms with Crippen molar-refractivity contribution in [3.05, 3.63) is 64.2 Å². The number of nitrogens with one attached hydrogen (secondary N) is 3. The van der Waals surface area contributed by atoms with Gasteiger partial charge in [-0.1, -0.05) is 26.0 Å². The molecule has 2 rings (SSSR count). The van der Waals surface area contributed by atoms with Gasteiger partial charge in [-0.2, -0.15) is 0 Å². The van der Waals surface area contributed by atoms with E-state index in [0.29, 0.717) is 11.3 Å². The molecule has 16 heteroatoms. The monoisotopic (exact) mass is 588 g/mol. The van der Waals surface area contributed by atoms with Gasteiger partial charge in [-0.3, -0.25) is 19.7 Å². The lowest BCUT2D eigenvalue weighted by Crippen LogP contribution is -2.50. The Hall–Kier alpha value is -5.41. The van der Waals surface area contributed by atoms with Gasteiger partial charge in [-0.15, -0.1) is 0 Å². The number of primary amides is 2. The number of non-ortho nitro benzene ring substituents is 1. The van der Waals surface area contributed by atoms with Crippen molar-refractivity contribution >= 4 is 41.5 Å². The highest BCUT2D eigenvalue weighted by molar-refractivity contribution is 5.98. The normalized spacial score (nSPS) is 11.9. The van der Waals surface area contributed by atoms with Crippen LogP contribution in [0.15, 0.2) is 48.5 Å².